The Morgan fingerprint density at radius 1 is 1.23 bits per heavy atom. The fraction of sp³-hybridized carbons (Fsp3) is 0.300. The number of ether oxygens (including phenoxy) is 3. The van der Waals surface area contributed by atoms with Crippen LogP contribution in [0.1, 0.15) is 15.2 Å². The van der Waals surface area contributed by atoms with Crippen molar-refractivity contribution >= 4 is 50.8 Å². The minimum Gasteiger partial charge on any atom is -0.495 e. The number of methoxy groups -OCH3 is 1. The fourth-order valence-corrected chi connectivity index (χ4v) is 5.37. The van der Waals surface area contributed by atoms with Gasteiger partial charge < -0.3 is 14.2 Å². The molecule has 1 aliphatic heterocycles. The Labute approximate surface area is 189 Å². The average molecular weight is 486 g/mol. The zero-order chi connectivity index (χ0) is 22.4. The van der Waals surface area contributed by atoms with Crippen molar-refractivity contribution < 1.29 is 32.2 Å². The summed E-state index contributed by atoms with van der Waals surface area (Å²) in [5.74, 6) is -0.891. The van der Waals surface area contributed by atoms with Gasteiger partial charge in [-0.1, -0.05) is 17.7 Å². The van der Waals surface area contributed by atoms with E-state index in [1.165, 1.54) is 29.6 Å². The lowest BCUT2D eigenvalue weighted by atomic mass is 10.2. The summed E-state index contributed by atoms with van der Waals surface area (Å²) in [4.78, 5) is 24.3. The summed E-state index contributed by atoms with van der Waals surface area (Å²) in [6.07, 6.45) is 2.54. The normalized spacial score (nSPS) is 15.2. The number of hydrogen-bond acceptors (Lipinski definition) is 8. The topological polar surface area (TPSA) is 99.2 Å². The van der Waals surface area contributed by atoms with Crippen LogP contribution in [0.4, 0.5) is 0 Å². The second kappa shape index (κ2) is 10.4. The number of carbonyl (C=O) groups is 2. The van der Waals surface area contributed by atoms with Gasteiger partial charge in [-0.3, -0.25) is 4.79 Å². The number of Topliss-reactive ketones (excluding diaryl/α,β-unsaturated/α-hetero) is 1. The highest BCUT2D eigenvalue weighted by molar-refractivity contribution is 7.89. The fourth-order valence-electron chi connectivity index (χ4n) is 2.81. The summed E-state index contributed by atoms with van der Waals surface area (Å²) >= 11 is 6.89. The Balaban J connectivity index is 1.69. The lowest BCUT2D eigenvalue weighted by Crippen LogP contribution is -2.40. The largest absolute Gasteiger partial charge is 0.495 e. The van der Waals surface area contributed by atoms with Crippen LogP contribution in [0.3, 0.4) is 0 Å². The molecule has 0 aliphatic carbocycles. The molecular formula is C20H20ClNO7S2. The second-order valence-electron chi connectivity index (χ2n) is 6.39. The van der Waals surface area contributed by atoms with Crippen LogP contribution in [0.25, 0.3) is 6.08 Å². The smallest absolute Gasteiger partial charge is 0.331 e. The van der Waals surface area contributed by atoms with Gasteiger partial charge in [0.25, 0.3) is 0 Å². The van der Waals surface area contributed by atoms with E-state index in [1.807, 2.05) is 0 Å². The van der Waals surface area contributed by atoms with Crippen molar-refractivity contribution in [2.24, 2.45) is 0 Å². The first kappa shape index (κ1) is 23.4. The summed E-state index contributed by atoms with van der Waals surface area (Å²) in [6.45, 7) is 0.731. The van der Waals surface area contributed by atoms with Gasteiger partial charge in [0, 0.05) is 19.2 Å². The average Bonchev–Trinajstić information content (AvgIpc) is 3.22. The molecule has 11 heteroatoms. The molecule has 1 fully saturated rings. The molecule has 0 amide bonds. The van der Waals surface area contributed by atoms with E-state index in [2.05, 4.69) is 0 Å². The molecule has 8 nitrogen and oxygen atoms in total. The molecule has 1 saturated heterocycles. The first-order valence-electron chi connectivity index (χ1n) is 9.20. The second-order valence-corrected chi connectivity index (χ2v) is 10.0. The third-order valence-corrected chi connectivity index (χ3v) is 7.57. The molecule has 0 N–H and O–H groups in total. The number of hydrogen-bond donors (Lipinski definition) is 0. The van der Waals surface area contributed by atoms with Crippen molar-refractivity contribution in [1.29, 1.82) is 0 Å². The molecule has 0 unspecified atom stereocenters. The predicted molar refractivity (Wildman–Crippen MR) is 116 cm³/mol. The van der Waals surface area contributed by atoms with Crippen LogP contribution in [-0.2, 0) is 24.3 Å². The van der Waals surface area contributed by atoms with E-state index < -0.39 is 22.6 Å². The van der Waals surface area contributed by atoms with Crippen LogP contribution in [0.2, 0.25) is 4.34 Å². The highest BCUT2D eigenvalue weighted by Crippen LogP contribution is 2.29. The number of ketones is 1. The predicted octanol–water partition coefficient (Wildman–Crippen LogP) is 2.87. The number of morpholine rings is 1. The van der Waals surface area contributed by atoms with Gasteiger partial charge in [-0.05, 0) is 35.9 Å². The highest BCUT2D eigenvalue weighted by Gasteiger charge is 2.29. The molecule has 2 heterocycles. The van der Waals surface area contributed by atoms with Gasteiger partial charge in [-0.25, -0.2) is 13.2 Å². The van der Waals surface area contributed by atoms with Crippen LogP contribution < -0.4 is 4.74 Å². The SMILES string of the molecule is COc1ccc(/C=C/C(=O)OCC(=O)c2ccc(Cl)s2)cc1S(=O)(=O)N1CCOCC1. The summed E-state index contributed by atoms with van der Waals surface area (Å²) in [7, 11) is -2.40. The van der Waals surface area contributed by atoms with E-state index in [0.717, 1.165) is 17.4 Å². The highest BCUT2D eigenvalue weighted by atomic mass is 35.5. The van der Waals surface area contributed by atoms with E-state index in [1.54, 1.807) is 18.2 Å². The standard InChI is InChI=1S/C20H20ClNO7S2/c1-27-16-4-2-14(12-18(16)31(25,26)22-8-10-28-11-9-22)3-7-20(24)29-13-15(23)17-5-6-19(21)30-17/h2-7,12H,8-11,13H2,1H3/b7-3+. The number of rotatable bonds is 8. The number of nitrogens with zero attached hydrogens (tertiary/aromatic N) is 1. The third kappa shape index (κ3) is 5.92. The van der Waals surface area contributed by atoms with Crippen molar-refractivity contribution in [2.45, 2.75) is 4.90 Å². The maximum Gasteiger partial charge on any atom is 0.331 e. The Morgan fingerprint density at radius 2 is 1.97 bits per heavy atom. The number of thiophene rings is 1. The van der Waals surface area contributed by atoms with Crippen LogP contribution in [0.15, 0.2) is 41.3 Å². The van der Waals surface area contributed by atoms with Gasteiger partial charge in [0.05, 0.1) is 29.5 Å². The van der Waals surface area contributed by atoms with Crippen molar-refractivity contribution in [2.75, 3.05) is 40.0 Å². The van der Waals surface area contributed by atoms with Crippen LogP contribution in [0, 0.1) is 0 Å². The molecular weight excluding hydrogens is 466 g/mol. The van der Waals surface area contributed by atoms with E-state index in [9.17, 15) is 18.0 Å². The maximum atomic E-state index is 13.0. The number of halogens is 1. The van der Waals surface area contributed by atoms with Crippen molar-refractivity contribution in [1.82, 2.24) is 4.31 Å². The van der Waals surface area contributed by atoms with Gasteiger partial charge in [0.1, 0.15) is 10.6 Å². The van der Waals surface area contributed by atoms with Gasteiger partial charge in [0.15, 0.2) is 6.61 Å². The van der Waals surface area contributed by atoms with Crippen LogP contribution in [0.5, 0.6) is 5.75 Å². The summed E-state index contributed by atoms with van der Waals surface area (Å²) in [6, 6.07) is 7.70. The molecule has 0 atom stereocenters. The van der Waals surface area contributed by atoms with Crippen molar-refractivity contribution in [3.63, 3.8) is 0 Å². The summed E-state index contributed by atoms with van der Waals surface area (Å²) in [5.41, 5.74) is 0.459. The number of carbonyl (C=O) groups excluding carboxylic acids is 2. The molecule has 0 bridgehead atoms. The van der Waals surface area contributed by atoms with E-state index in [-0.39, 0.29) is 29.5 Å². The van der Waals surface area contributed by atoms with Crippen LogP contribution in [-0.4, -0.2) is 64.5 Å². The van der Waals surface area contributed by atoms with Gasteiger partial charge in [0.2, 0.25) is 15.8 Å². The number of benzene rings is 1. The zero-order valence-corrected chi connectivity index (χ0v) is 19.0. The Hall–Kier alpha value is -2.24. The molecule has 1 aliphatic rings. The zero-order valence-electron chi connectivity index (χ0n) is 16.6. The van der Waals surface area contributed by atoms with E-state index in [0.29, 0.717) is 28.0 Å². The Bertz CT molecular complexity index is 1090. The molecule has 166 valence electrons. The molecule has 31 heavy (non-hydrogen) atoms. The Kier molecular flexibility index (Phi) is 7.84. The molecule has 0 radical (unpaired) electrons. The minimum absolute atomic E-state index is 0.00262. The van der Waals surface area contributed by atoms with Gasteiger partial charge >= 0.3 is 5.97 Å². The quantitative estimate of drug-likeness (QED) is 0.322. The van der Waals surface area contributed by atoms with Crippen molar-refractivity contribution in [3.05, 3.63) is 51.2 Å². The lowest BCUT2D eigenvalue weighted by Gasteiger charge is -2.26. The number of esters is 1. The maximum absolute atomic E-state index is 13.0. The number of sulfonamides is 1. The summed E-state index contributed by atoms with van der Waals surface area (Å²) in [5, 5.41) is 0. The molecule has 1 aromatic carbocycles. The third-order valence-electron chi connectivity index (χ3n) is 4.38. The molecule has 1 aromatic heterocycles. The van der Waals surface area contributed by atoms with Crippen molar-refractivity contribution in [3.8, 4) is 5.75 Å². The first-order valence-corrected chi connectivity index (χ1v) is 11.8. The monoisotopic (exact) mass is 485 g/mol. The molecule has 2 aromatic rings. The molecule has 0 spiro atoms. The molecule has 0 saturated carbocycles. The van der Waals surface area contributed by atoms with Gasteiger partial charge in [-0.15, -0.1) is 11.3 Å². The lowest BCUT2D eigenvalue weighted by molar-refractivity contribution is -0.136. The minimum atomic E-state index is -3.79. The van der Waals surface area contributed by atoms with E-state index in [4.69, 9.17) is 25.8 Å². The first-order chi connectivity index (χ1) is 14.8. The summed E-state index contributed by atoms with van der Waals surface area (Å²) < 4.78 is 43.2. The van der Waals surface area contributed by atoms with Gasteiger partial charge in [-0.2, -0.15) is 4.31 Å². The van der Waals surface area contributed by atoms with E-state index >= 15 is 0 Å². The van der Waals surface area contributed by atoms with Crippen LogP contribution >= 0.6 is 22.9 Å². The molecule has 3 rings (SSSR count). The Morgan fingerprint density at radius 3 is 2.61 bits per heavy atom.